The van der Waals surface area contributed by atoms with Crippen LogP contribution in [-0.2, 0) is 4.79 Å². The number of ether oxygens (including phenoxy) is 1. The molecule has 31 heavy (non-hydrogen) atoms. The van der Waals surface area contributed by atoms with Gasteiger partial charge in [-0.05, 0) is 38.1 Å². The van der Waals surface area contributed by atoms with Crippen LogP contribution < -0.4 is 10.1 Å². The van der Waals surface area contributed by atoms with Crippen LogP contribution in [0.3, 0.4) is 0 Å². The van der Waals surface area contributed by atoms with Gasteiger partial charge in [-0.25, -0.2) is 0 Å². The number of nitrogens with zero attached hydrogens (tertiary/aromatic N) is 2. The molecule has 3 aromatic rings. The topological polar surface area (TPSA) is 84.7 Å². The molecule has 0 fully saturated rings. The lowest BCUT2D eigenvalue weighted by Crippen LogP contribution is -2.38. The number of benzene rings is 2. The zero-order chi connectivity index (χ0) is 22.5. The molecule has 2 amide bonds. The summed E-state index contributed by atoms with van der Waals surface area (Å²) >= 11 is 12.6. The number of amides is 2. The van der Waals surface area contributed by atoms with E-state index in [2.05, 4.69) is 10.5 Å². The van der Waals surface area contributed by atoms with Crippen molar-refractivity contribution in [1.82, 2.24) is 10.1 Å². The molecule has 0 saturated carbocycles. The zero-order valence-electron chi connectivity index (χ0n) is 17.2. The Bertz CT molecular complexity index is 1090. The van der Waals surface area contributed by atoms with E-state index in [0.29, 0.717) is 39.4 Å². The van der Waals surface area contributed by atoms with Crippen molar-refractivity contribution in [2.24, 2.45) is 0 Å². The van der Waals surface area contributed by atoms with E-state index in [4.69, 9.17) is 32.5 Å². The molecule has 162 valence electrons. The molecule has 0 unspecified atom stereocenters. The highest BCUT2D eigenvalue weighted by Crippen LogP contribution is 2.37. The van der Waals surface area contributed by atoms with E-state index in [1.54, 1.807) is 63.4 Å². The molecule has 1 N–H and O–H groups in total. The fourth-order valence-electron chi connectivity index (χ4n) is 3.08. The van der Waals surface area contributed by atoms with Gasteiger partial charge in [0.1, 0.15) is 29.3 Å². The number of methoxy groups -OCH3 is 1. The molecule has 7 nitrogen and oxygen atoms in total. The van der Waals surface area contributed by atoms with Gasteiger partial charge in [-0.15, -0.1) is 0 Å². The van der Waals surface area contributed by atoms with E-state index in [0.717, 1.165) is 0 Å². The van der Waals surface area contributed by atoms with E-state index in [9.17, 15) is 9.59 Å². The summed E-state index contributed by atoms with van der Waals surface area (Å²) in [5.74, 6) is 0.160. The quantitative estimate of drug-likeness (QED) is 0.530. The number of halogens is 2. The third-order valence-electron chi connectivity index (χ3n) is 4.63. The zero-order valence-corrected chi connectivity index (χ0v) is 18.8. The third kappa shape index (κ3) is 5.00. The van der Waals surface area contributed by atoms with Gasteiger partial charge in [0.25, 0.3) is 5.91 Å². The first-order chi connectivity index (χ1) is 14.8. The molecular weight excluding hydrogens is 441 g/mol. The Morgan fingerprint density at radius 3 is 2.48 bits per heavy atom. The minimum atomic E-state index is -0.409. The molecule has 2 aromatic carbocycles. The predicted molar refractivity (Wildman–Crippen MR) is 120 cm³/mol. The second kappa shape index (κ2) is 9.85. The second-order valence-corrected chi connectivity index (χ2v) is 7.47. The van der Waals surface area contributed by atoms with Crippen molar-refractivity contribution < 1.29 is 18.8 Å². The molecule has 0 bridgehead atoms. The largest absolute Gasteiger partial charge is 0.497 e. The van der Waals surface area contributed by atoms with Crippen molar-refractivity contribution in [1.29, 1.82) is 0 Å². The average Bonchev–Trinajstić information content (AvgIpc) is 3.12. The lowest BCUT2D eigenvalue weighted by molar-refractivity contribution is -0.116. The maximum Gasteiger partial charge on any atom is 0.260 e. The van der Waals surface area contributed by atoms with Gasteiger partial charge >= 0.3 is 0 Å². The van der Waals surface area contributed by atoms with E-state index in [1.165, 1.54) is 4.90 Å². The summed E-state index contributed by atoms with van der Waals surface area (Å²) in [5.41, 5.74) is 1.43. The Labute approximate surface area is 189 Å². The molecule has 0 atom stereocenters. The average molecular weight is 462 g/mol. The van der Waals surface area contributed by atoms with Gasteiger partial charge < -0.3 is 19.5 Å². The highest BCUT2D eigenvalue weighted by molar-refractivity contribution is 6.39. The van der Waals surface area contributed by atoms with E-state index < -0.39 is 5.91 Å². The molecule has 0 aliphatic carbocycles. The van der Waals surface area contributed by atoms with Crippen molar-refractivity contribution in [3.8, 4) is 17.0 Å². The summed E-state index contributed by atoms with van der Waals surface area (Å²) in [5, 5.41) is 7.45. The highest BCUT2D eigenvalue weighted by atomic mass is 35.5. The van der Waals surface area contributed by atoms with Gasteiger partial charge in [-0.1, -0.05) is 40.5 Å². The number of carbonyl (C=O) groups is 2. The number of hydrogen-bond acceptors (Lipinski definition) is 5. The van der Waals surface area contributed by atoms with Crippen LogP contribution in [0.1, 0.15) is 23.0 Å². The minimum absolute atomic E-state index is 0.160. The number of carbonyl (C=O) groups excluding carboxylic acids is 2. The first-order valence-corrected chi connectivity index (χ1v) is 10.2. The van der Waals surface area contributed by atoms with E-state index in [1.807, 2.05) is 0 Å². The Morgan fingerprint density at radius 1 is 1.16 bits per heavy atom. The Kier molecular flexibility index (Phi) is 7.20. The molecule has 0 spiro atoms. The number of anilines is 1. The Hall–Kier alpha value is -3.03. The van der Waals surface area contributed by atoms with Crippen molar-refractivity contribution >= 4 is 40.7 Å². The highest BCUT2D eigenvalue weighted by Gasteiger charge is 2.28. The van der Waals surface area contributed by atoms with Gasteiger partial charge in [0, 0.05) is 23.9 Å². The summed E-state index contributed by atoms with van der Waals surface area (Å²) in [6.45, 7) is 3.54. The van der Waals surface area contributed by atoms with Crippen LogP contribution in [0.25, 0.3) is 11.3 Å². The smallest absolute Gasteiger partial charge is 0.260 e. The first kappa shape index (κ1) is 22.7. The van der Waals surface area contributed by atoms with Gasteiger partial charge in [-0.2, -0.15) is 0 Å². The Balaban J connectivity index is 1.84. The van der Waals surface area contributed by atoms with Crippen molar-refractivity contribution in [2.45, 2.75) is 13.8 Å². The fraction of sp³-hybridized carbons (Fsp3) is 0.227. The van der Waals surface area contributed by atoms with Crippen LogP contribution in [0.2, 0.25) is 10.0 Å². The summed E-state index contributed by atoms with van der Waals surface area (Å²) < 4.78 is 10.4. The molecule has 9 heteroatoms. The molecule has 0 aliphatic rings. The molecule has 0 saturated heterocycles. The van der Waals surface area contributed by atoms with Crippen molar-refractivity contribution in [2.75, 3.05) is 25.5 Å². The van der Waals surface area contributed by atoms with Gasteiger partial charge in [0.05, 0.1) is 17.2 Å². The number of aromatic nitrogens is 1. The minimum Gasteiger partial charge on any atom is -0.497 e. The molecule has 0 aliphatic heterocycles. The standard InChI is InChI=1S/C22H21Cl2N3O4/c1-4-27(12-18(28)25-14-7-5-8-15(11-14)30-3)22(29)19-13(2)31-26-21(19)20-16(23)9-6-10-17(20)24/h5-11H,4,12H2,1-3H3,(H,25,28). The SMILES string of the molecule is CCN(CC(=O)Nc1cccc(OC)c1)C(=O)c1c(-c2c(Cl)cccc2Cl)noc1C. The maximum atomic E-state index is 13.3. The monoisotopic (exact) mass is 461 g/mol. The van der Waals surface area contributed by atoms with Crippen LogP contribution in [0.15, 0.2) is 47.0 Å². The van der Waals surface area contributed by atoms with Crippen molar-refractivity contribution in [3.05, 3.63) is 63.8 Å². The number of rotatable bonds is 7. The normalized spacial score (nSPS) is 10.6. The molecule has 1 heterocycles. The summed E-state index contributed by atoms with van der Waals surface area (Å²) in [4.78, 5) is 27.3. The van der Waals surface area contributed by atoms with Crippen LogP contribution >= 0.6 is 23.2 Å². The van der Waals surface area contributed by atoms with Crippen LogP contribution in [0.5, 0.6) is 5.75 Å². The Morgan fingerprint density at radius 2 is 1.84 bits per heavy atom. The number of hydrogen-bond donors (Lipinski definition) is 1. The van der Waals surface area contributed by atoms with Crippen LogP contribution in [0, 0.1) is 6.92 Å². The number of likely N-dealkylation sites (N-methyl/N-ethyl adjacent to an activating group) is 1. The van der Waals surface area contributed by atoms with Crippen LogP contribution in [0.4, 0.5) is 5.69 Å². The maximum absolute atomic E-state index is 13.3. The lowest BCUT2D eigenvalue weighted by atomic mass is 10.0. The lowest BCUT2D eigenvalue weighted by Gasteiger charge is -2.20. The third-order valence-corrected chi connectivity index (χ3v) is 5.26. The fourth-order valence-corrected chi connectivity index (χ4v) is 3.66. The molecule has 1 aromatic heterocycles. The second-order valence-electron chi connectivity index (χ2n) is 6.66. The molecular formula is C22H21Cl2N3O4. The first-order valence-electron chi connectivity index (χ1n) is 9.49. The number of aryl methyl sites for hydroxylation is 1. The molecule has 0 radical (unpaired) electrons. The van der Waals surface area contributed by atoms with Gasteiger partial charge in [0.15, 0.2) is 0 Å². The van der Waals surface area contributed by atoms with E-state index in [-0.39, 0.29) is 23.7 Å². The molecule has 3 rings (SSSR count). The van der Waals surface area contributed by atoms with Crippen molar-refractivity contribution in [3.63, 3.8) is 0 Å². The summed E-state index contributed by atoms with van der Waals surface area (Å²) in [6, 6.07) is 12.0. The summed E-state index contributed by atoms with van der Waals surface area (Å²) in [7, 11) is 1.54. The summed E-state index contributed by atoms with van der Waals surface area (Å²) in [6.07, 6.45) is 0. The van der Waals surface area contributed by atoms with Gasteiger partial charge in [-0.3, -0.25) is 9.59 Å². The predicted octanol–water partition coefficient (Wildman–Crippen LogP) is 5.07. The van der Waals surface area contributed by atoms with Crippen LogP contribution in [-0.4, -0.2) is 42.1 Å². The van der Waals surface area contributed by atoms with Gasteiger partial charge in [0.2, 0.25) is 5.91 Å². The van der Waals surface area contributed by atoms with E-state index >= 15 is 0 Å². The number of nitrogens with one attached hydrogen (secondary N) is 1.